The molecule has 9 nitrogen and oxygen atoms in total. The number of sulfonamides is 1. The third-order valence-electron chi connectivity index (χ3n) is 3.38. The number of amidine groups is 1. The number of nitrogens with one attached hydrogen (secondary N) is 1. The van der Waals surface area contributed by atoms with Crippen LogP contribution in [0.3, 0.4) is 0 Å². The first-order chi connectivity index (χ1) is 11.3. The first-order valence-electron chi connectivity index (χ1n) is 6.87. The Kier molecular flexibility index (Phi) is 3.68. The number of hydrogen-bond donors (Lipinski definition) is 2. The van der Waals surface area contributed by atoms with Gasteiger partial charge in [-0.3, -0.25) is 0 Å². The van der Waals surface area contributed by atoms with Crippen LogP contribution < -0.4 is 11.4 Å². The molecule has 0 radical (unpaired) electrons. The Morgan fingerprint density at radius 2 is 1.96 bits per heavy atom. The predicted molar refractivity (Wildman–Crippen MR) is 88.2 cm³/mol. The Balaban J connectivity index is 2.15. The number of hydrogen-bond acceptors (Lipinski definition) is 5. The van der Waals surface area contributed by atoms with E-state index in [0.29, 0.717) is 0 Å². The summed E-state index contributed by atoms with van der Waals surface area (Å²) in [5.41, 5.74) is 6.61. The number of aryl methyl sites for hydroxylation is 2. The third-order valence-corrected chi connectivity index (χ3v) is 4.68. The van der Waals surface area contributed by atoms with Gasteiger partial charge in [0.25, 0.3) is 10.0 Å². The monoisotopic (exact) mass is 346 g/mol. The van der Waals surface area contributed by atoms with Crippen LogP contribution in [0.5, 0.6) is 0 Å². The number of rotatable bonds is 3. The standard InChI is InChI=1S/C14H14N6O3S/c1-8-3-5-9(6-4-8)24(22,23)19-12(15)10-11-13(18-14(21)17-10)20(2)7-16-11/h3-7H,1-2H3,(H2,15,19)(H,17,18,21). The molecule has 0 amide bonds. The summed E-state index contributed by atoms with van der Waals surface area (Å²) in [5.74, 6) is -0.362. The number of nitrogens with two attached hydrogens (primary N) is 1. The van der Waals surface area contributed by atoms with Gasteiger partial charge >= 0.3 is 5.69 Å². The van der Waals surface area contributed by atoms with Gasteiger partial charge in [0.2, 0.25) is 0 Å². The quantitative estimate of drug-likeness (QED) is 0.508. The topological polar surface area (TPSA) is 136 Å². The van der Waals surface area contributed by atoms with E-state index in [-0.39, 0.29) is 27.6 Å². The molecular formula is C14H14N6O3S. The fourth-order valence-electron chi connectivity index (χ4n) is 2.15. The van der Waals surface area contributed by atoms with E-state index >= 15 is 0 Å². The number of imidazole rings is 1. The van der Waals surface area contributed by atoms with Gasteiger partial charge in [-0.05, 0) is 19.1 Å². The Morgan fingerprint density at radius 3 is 2.62 bits per heavy atom. The first kappa shape index (κ1) is 15.9. The minimum atomic E-state index is -4.01. The predicted octanol–water partition coefficient (Wildman–Crippen LogP) is 0.0592. The van der Waals surface area contributed by atoms with Gasteiger partial charge in [0.05, 0.1) is 11.2 Å². The van der Waals surface area contributed by atoms with Crippen LogP contribution in [0.15, 0.2) is 44.7 Å². The molecule has 3 N–H and O–H groups in total. The van der Waals surface area contributed by atoms with Crippen molar-refractivity contribution in [3.63, 3.8) is 0 Å². The van der Waals surface area contributed by atoms with Gasteiger partial charge in [0.1, 0.15) is 11.2 Å². The third kappa shape index (κ3) is 2.78. The lowest BCUT2D eigenvalue weighted by molar-refractivity contribution is 0.598. The molecule has 0 aliphatic carbocycles. The second-order valence-electron chi connectivity index (χ2n) is 5.21. The molecule has 2 heterocycles. The molecule has 0 aliphatic rings. The van der Waals surface area contributed by atoms with Gasteiger partial charge in [-0.25, -0.2) is 9.78 Å². The minimum absolute atomic E-state index is 0.00437. The van der Waals surface area contributed by atoms with E-state index in [1.165, 1.54) is 23.0 Å². The maximum atomic E-state index is 12.4. The Bertz CT molecular complexity index is 1110. The van der Waals surface area contributed by atoms with Crippen LogP contribution in [-0.2, 0) is 17.1 Å². The highest BCUT2D eigenvalue weighted by molar-refractivity contribution is 7.90. The van der Waals surface area contributed by atoms with Crippen molar-refractivity contribution in [2.24, 2.45) is 17.2 Å². The van der Waals surface area contributed by atoms with Crippen molar-refractivity contribution in [1.29, 1.82) is 0 Å². The summed E-state index contributed by atoms with van der Waals surface area (Å²) >= 11 is 0. The van der Waals surface area contributed by atoms with E-state index in [4.69, 9.17) is 5.73 Å². The van der Waals surface area contributed by atoms with Crippen molar-refractivity contribution in [2.75, 3.05) is 0 Å². The summed E-state index contributed by atoms with van der Waals surface area (Å²) in [5, 5.41) is 0. The molecule has 0 saturated heterocycles. The summed E-state index contributed by atoms with van der Waals surface area (Å²) < 4.78 is 29.8. The number of benzene rings is 1. The average Bonchev–Trinajstić information content (AvgIpc) is 2.88. The van der Waals surface area contributed by atoms with Crippen molar-refractivity contribution in [1.82, 2.24) is 19.5 Å². The number of aromatic nitrogens is 4. The maximum absolute atomic E-state index is 12.4. The highest BCUT2D eigenvalue weighted by Crippen LogP contribution is 2.15. The van der Waals surface area contributed by atoms with E-state index in [1.807, 2.05) is 6.92 Å². The zero-order valence-electron chi connectivity index (χ0n) is 12.9. The van der Waals surface area contributed by atoms with Crippen LogP contribution >= 0.6 is 0 Å². The maximum Gasteiger partial charge on any atom is 0.347 e. The molecule has 0 aliphatic heterocycles. The van der Waals surface area contributed by atoms with Crippen LogP contribution in [-0.4, -0.2) is 33.8 Å². The van der Waals surface area contributed by atoms with Crippen molar-refractivity contribution in [3.05, 3.63) is 52.3 Å². The minimum Gasteiger partial charge on any atom is -0.381 e. The SMILES string of the molecule is Cc1ccc(S(=O)(=O)/N=C(/N)c2[nH]c(=O)nc3c2ncn3C)cc1. The van der Waals surface area contributed by atoms with Crippen molar-refractivity contribution in [3.8, 4) is 0 Å². The van der Waals surface area contributed by atoms with Crippen LogP contribution in [0.25, 0.3) is 11.2 Å². The second-order valence-corrected chi connectivity index (χ2v) is 6.81. The van der Waals surface area contributed by atoms with E-state index in [1.54, 1.807) is 19.2 Å². The zero-order valence-corrected chi connectivity index (χ0v) is 13.7. The van der Waals surface area contributed by atoms with Crippen molar-refractivity contribution in [2.45, 2.75) is 11.8 Å². The van der Waals surface area contributed by atoms with Crippen LogP contribution in [0, 0.1) is 6.92 Å². The van der Waals surface area contributed by atoms with E-state index in [2.05, 4.69) is 19.3 Å². The fraction of sp³-hybridized carbons (Fsp3) is 0.143. The fourth-order valence-corrected chi connectivity index (χ4v) is 3.08. The van der Waals surface area contributed by atoms with E-state index in [0.717, 1.165) is 5.56 Å². The summed E-state index contributed by atoms with van der Waals surface area (Å²) in [6.45, 7) is 1.84. The molecule has 0 bridgehead atoms. The molecule has 3 aromatic rings. The molecule has 0 fully saturated rings. The van der Waals surface area contributed by atoms with E-state index < -0.39 is 15.7 Å². The van der Waals surface area contributed by atoms with Gasteiger partial charge in [-0.15, -0.1) is 4.40 Å². The van der Waals surface area contributed by atoms with Crippen LogP contribution in [0.1, 0.15) is 11.3 Å². The van der Waals surface area contributed by atoms with Crippen molar-refractivity contribution < 1.29 is 8.42 Å². The lowest BCUT2D eigenvalue weighted by atomic mass is 10.2. The normalized spacial score (nSPS) is 12.7. The largest absolute Gasteiger partial charge is 0.381 e. The molecule has 1 aromatic carbocycles. The first-order valence-corrected chi connectivity index (χ1v) is 8.31. The van der Waals surface area contributed by atoms with Crippen LogP contribution in [0.4, 0.5) is 0 Å². The molecule has 3 rings (SSSR count). The number of H-pyrrole nitrogens is 1. The number of nitrogens with zero attached hydrogens (tertiary/aromatic N) is 4. The molecule has 24 heavy (non-hydrogen) atoms. The summed E-state index contributed by atoms with van der Waals surface area (Å²) in [6.07, 6.45) is 1.44. The average molecular weight is 346 g/mol. The molecule has 124 valence electrons. The molecule has 0 unspecified atom stereocenters. The summed E-state index contributed by atoms with van der Waals surface area (Å²) in [6, 6.07) is 6.19. The second kappa shape index (κ2) is 5.57. The highest BCUT2D eigenvalue weighted by Gasteiger charge is 2.17. The molecule has 0 spiro atoms. The Hall–Kier alpha value is -3.01. The van der Waals surface area contributed by atoms with Crippen molar-refractivity contribution >= 4 is 27.0 Å². The molecule has 0 atom stereocenters. The van der Waals surface area contributed by atoms with Gasteiger partial charge in [-0.2, -0.15) is 13.4 Å². The van der Waals surface area contributed by atoms with Crippen LogP contribution in [0.2, 0.25) is 0 Å². The highest BCUT2D eigenvalue weighted by atomic mass is 32.2. The molecule has 2 aromatic heterocycles. The van der Waals surface area contributed by atoms with Gasteiger partial charge < -0.3 is 15.3 Å². The van der Waals surface area contributed by atoms with Gasteiger partial charge in [-0.1, -0.05) is 17.7 Å². The molecular weight excluding hydrogens is 332 g/mol. The number of fused-ring (bicyclic) bond motifs is 1. The molecule has 10 heteroatoms. The number of aromatic amines is 1. The lowest BCUT2D eigenvalue weighted by Gasteiger charge is -2.04. The lowest BCUT2D eigenvalue weighted by Crippen LogP contribution is -2.23. The molecule has 0 saturated carbocycles. The summed E-state index contributed by atoms with van der Waals surface area (Å²) in [4.78, 5) is 21.9. The van der Waals surface area contributed by atoms with Gasteiger partial charge in [0, 0.05) is 7.05 Å². The Morgan fingerprint density at radius 1 is 1.29 bits per heavy atom. The summed E-state index contributed by atoms with van der Waals surface area (Å²) in [7, 11) is -2.36. The van der Waals surface area contributed by atoms with Gasteiger partial charge in [0.15, 0.2) is 11.5 Å². The zero-order chi connectivity index (χ0) is 17.5. The Labute approximate surface area is 137 Å². The van der Waals surface area contributed by atoms with E-state index in [9.17, 15) is 13.2 Å². The smallest absolute Gasteiger partial charge is 0.347 e.